The fourth-order valence-corrected chi connectivity index (χ4v) is 5.18. The number of phenols is 1. The zero-order chi connectivity index (χ0) is 24.9. The number of aromatic hydroxyl groups is 1. The number of nitrogens with one attached hydrogen (secondary N) is 2. The fraction of sp³-hybridized carbons (Fsp3) is 0.296. The number of carbonyl (C=O) groups excluding carboxylic acids is 1. The average molecular weight is 474 g/mol. The molecule has 2 heterocycles. The lowest BCUT2D eigenvalue weighted by Gasteiger charge is -2.39. The molecule has 8 nitrogen and oxygen atoms in total. The topological polar surface area (TPSA) is 113 Å². The molecule has 0 saturated carbocycles. The first kappa shape index (κ1) is 22.7. The Morgan fingerprint density at radius 1 is 1.09 bits per heavy atom. The molecule has 2 aromatic carbocycles. The van der Waals surface area contributed by atoms with Crippen molar-refractivity contribution in [3.63, 3.8) is 0 Å². The second-order valence-electron chi connectivity index (χ2n) is 9.92. The van der Waals surface area contributed by atoms with Crippen LogP contribution in [-0.4, -0.2) is 27.6 Å². The number of hydrogen-bond acceptors (Lipinski definition) is 6. The first-order valence-corrected chi connectivity index (χ1v) is 11.5. The van der Waals surface area contributed by atoms with Crippen LogP contribution in [0.3, 0.4) is 0 Å². The van der Waals surface area contributed by atoms with Crippen molar-refractivity contribution in [2.45, 2.75) is 39.2 Å². The molecule has 0 saturated heterocycles. The molecule has 1 aliphatic heterocycles. The van der Waals surface area contributed by atoms with Gasteiger partial charge in [-0.2, -0.15) is 0 Å². The van der Waals surface area contributed by atoms with Gasteiger partial charge in [-0.1, -0.05) is 50.2 Å². The monoisotopic (exact) mass is 473 g/mol. The lowest BCUT2D eigenvalue weighted by molar-refractivity contribution is -0.118. The number of aromatic nitrogens is 2. The second-order valence-corrected chi connectivity index (χ2v) is 9.92. The van der Waals surface area contributed by atoms with Gasteiger partial charge in [-0.25, -0.2) is 4.79 Å². The number of methoxy groups -OCH3 is 1. The van der Waals surface area contributed by atoms with Gasteiger partial charge in [-0.3, -0.25) is 19.1 Å². The van der Waals surface area contributed by atoms with Crippen LogP contribution in [0.25, 0.3) is 0 Å². The van der Waals surface area contributed by atoms with Crippen molar-refractivity contribution in [2.24, 2.45) is 5.41 Å². The Kier molecular flexibility index (Phi) is 5.39. The Morgan fingerprint density at radius 2 is 1.83 bits per heavy atom. The summed E-state index contributed by atoms with van der Waals surface area (Å²) in [4.78, 5) is 42.2. The Hall–Kier alpha value is -4.07. The third-order valence-corrected chi connectivity index (χ3v) is 6.72. The van der Waals surface area contributed by atoms with Gasteiger partial charge < -0.3 is 15.2 Å². The predicted molar refractivity (Wildman–Crippen MR) is 132 cm³/mol. The standard InChI is InChI=1S/C27H27N3O5/c1-27(2)12-17-22(19(32)13-27)21(16-9-10-18(31)20(11-16)35-3)23-24(28-17)30(26(34)29-25(23)33)14-15-7-5-4-6-8-15/h4-11,21,28,31H,12-14H2,1-3H3,(H,29,33,34)/t21-/m1/s1. The summed E-state index contributed by atoms with van der Waals surface area (Å²) in [5, 5.41) is 13.5. The van der Waals surface area contributed by atoms with Gasteiger partial charge in [0.15, 0.2) is 17.3 Å². The Bertz CT molecular complexity index is 1480. The smallest absolute Gasteiger partial charge is 0.330 e. The Morgan fingerprint density at radius 3 is 2.54 bits per heavy atom. The molecule has 3 N–H and O–H groups in total. The molecule has 0 spiro atoms. The maximum atomic E-state index is 13.5. The minimum atomic E-state index is -0.717. The van der Waals surface area contributed by atoms with E-state index in [0.29, 0.717) is 41.1 Å². The van der Waals surface area contributed by atoms with Crippen molar-refractivity contribution >= 4 is 11.6 Å². The number of hydrogen-bond donors (Lipinski definition) is 3. The van der Waals surface area contributed by atoms with Crippen LogP contribution >= 0.6 is 0 Å². The van der Waals surface area contributed by atoms with Crippen molar-refractivity contribution in [2.75, 3.05) is 12.4 Å². The zero-order valence-electron chi connectivity index (χ0n) is 19.8. The fourth-order valence-electron chi connectivity index (χ4n) is 5.18. The summed E-state index contributed by atoms with van der Waals surface area (Å²) in [6.45, 7) is 4.30. The largest absolute Gasteiger partial charge is 0.504 e. The number of anilines is 1. The highest BCUT2D eigenvalue weighted by molar-refractivity contribution is 6.01. The van der Waals surface area contributed by atoms with E-state index in [1.54, 1.807) is 12.1 Å². The number of H-pyrrole nitrogens is 1. The number of ketones is 1. The van der Waals surface area contributed by atoms with Crippen LogP contribution in [-0.2, 0) is 11.3 Å². The van der Waals surface area contributed by atoms with Crippen LogP contribution in [0.15, 0.2) is 69.4 Å². The molecule has 0 amide bonds. The first-order chi connectivity index (χ1) is 16.7. The lowest BCUT2D eigenvalue weighted by atomic mass is 9.69. The van der Waals surface area contributed by atoms with Crippen molar-refractivity contribution < 1.29 is 14.6 Å². The molecule has 3 aromatic rings. The van der Waals surface area contributed by atoms with Gasteiger partial charge in [0, 0.05) is 23.6 Å². The van der Waals surface area contributed by atoms with E-state index in [0.717, 1.165) is 5.56 Å². The molecular weight excluding hydrogens is 446 g/mol. The number of rotatable bonds is 4. The number of nitrogens with zero attached hydrogens (tertiary/aromatic N) is 1. The van der Waals surface area contributed by atoms with E-state index < -0.39 is 17.2 Å². The normalized spacial score (nSPS) is 18.5. The van der Waals surface area contributed by atoms with Gasteiger partial charge in [0.2, 0.25) is 0 Å². The third-order valence-electron chi connectivity index (χ3n) is 6.72. The number of aromatic amines is 1. The summed E-state index contributed by atoms with van der Waals surface area (Å²) >= 11 is 0. The van der Waals surface area contributed by atoms with Crippen LogP contribution in [0.1, 0.15) is 49.3 Å². The molecular formula is C27H27N3O5. The maximum absolute atomic E-state index is 13.5. The van der Waals surface area contributed by atoms with E-state index in [2.05, 4.69) is 10.3 Å². The minimum absolute atomic E-state index is 0.0429. The highest BCUT2D eigenvalue weighted by Crippen LogP contribution is 2.48. The first-order valence-electron chi connectivity index (χ1n) is 11.5. The average Bonchev–Trinajstić information content (AvgIpc) is 2.80. The van der Waals surface area contributed by atoms with Crippen LogP contribution in [0.5, 0.6) is 11.5 Å². The molecule has 0 unspecified atom stereocenters. The van der Waals surface area contributed by atoms with Crippen LogP contribution in [0.4, 0.5) is 5.82 Å². The van der Waals surface area contributed by atoms with E-state index in [1.165, 1.54) is 17.7 Å². The molecule has 1 aromatic heterocycles. The number of Topliss-reactive ketones (excluding diaryl/α,β-unsaturated/α-hetero) is 1. The zero-order valence-corrected chi connectivity index (χ0v) is 19.8. The van der Waals surface area contributed by atoms with Gasteiger partial charge in [0.05, 0.1) is 19.2 Å². The summed E-state index contributed by atoms with van der Waals surface area (Å²) in [7, 11) is 1.44. The second kappa shape index (κ2) is 8.30. The quantitative estimate of drug-likeness (QED) is 0.535. The Balaban J connectivity index is 1.78. The summed E-state index contributed by atoms with van der Waals surface area (Å²) in [6, 6.07) is 14.3. The van der Waals surface area contributed by atoms with Crippen LogP contribution in [0, 0.1) is 5.41 Å². The van der Waals surface area contributed by atoms with Gasteiger partial charge >= 0.3 is 5.69 Å². The maximum Gasteiger partial charge on any atom is 0.330 e. The van der Waals surface area contributed by atoms with Crippen molar-refractivity contribution in [3.05, 3.63) is 97.3 Å². The van der Waals surface area contributed by atoms with E-state index in [9.17, 15) is 19.5 Å². The summed E-state index contributed by atoms with van der Waals surface area (Å²) in [5.74, 6) is -0.192. The van der Waals surface area contributed by atoms with Crippen molar-refractivity contribution in [1.82, 2.24) is 9.55 Å². The predicted octanol–water partition coefficient (Wildman–Crippen LogP) is 3.50. The lowest BCUT2D eigenvalue weighted by Crippen LogP contribution is -2.42. The summed E-state index contributed by atoms with van der Waals surface area (Å²) in [6.07, 6.45) is 0.932. The minimum Gasteiger partial charge on any atom is -0.504 e. The molecule has 1 atom stereocenters. The van der Waals surface area contributed by atoms with E-state index in [1.807, 2.05) is 44.2 Å². The third kappa shape index (κ3) is 3.95. The van der Waals surface area contributed by atoms with E-state index >= 15 is 0 Å². The number of benzene rings is 2. The number of ether oxygens (including phenoxy) is 1. The molecule has 0 fully saturated rings. The van der Waals surface area contributed by atoms with Crippen molar-refractivity contribution in [1.29, 1.82) is 0 Å². The van der Waals surface area contributed by atoms with Gasteiger partial charge in [-0.15, -0.1) is 0 Å². The number of fused-ring (bicyclic) bond motifs is 1. The number of carbonyl (C=O) groups is 1. The van der Waals surface area contributed by atoms with Crippen LogP contribution in [0.2, 0.25) is 0 Å². The summed E-state index contributed by atoms with van der Waals surface area (Å²) in [5.41, 5.74) is 1.68. The molecule has 0 radical (unpaired) electrons. The summed E-state index contributed by atoms with van der Waals surface area (Å²) < 4.78 is 6.81. The SMILES string of the molecule is COc1cc([C@@H]2C3=C(CC(C)(C)CC3=O)Nc3c2c(=O)[nH]c(=O)n3Cc2ccccc2)ccc1O. The highest BCUT2D eigenvalue weighted by Gasteiger charge is 2.43. The molecule has 8 heteroatoms. The van der Waals surface area contributed by atoms with Crippen molar-refractivity contribution in [3.8, 4) is 11.5 Å². The van der Waals surface area contributed by atoms with Gasteiger partial charge in [-0.05, 0) is 35.1 Å². The van der Waals surface area contributed by atoms with E-state index in [4.69, 9.17) is 4.74 Å². The molecule has 2 aliphatic rings. The highest BCUT2D eigenvalue weighted by atomic mass is 16.5. The molecule has 35 heavy (non-hydrogen) atoms. The molecule has 0 bridgehead atoms. The van der Waals surface area contributed by atoms with Crippen LogP contribution < -0.4 is 21.3 Å². The van der Waals surface area contributed by atoms with Gasteiger partial charge in [0.1, 0.15) is 5.82 Å². The Labute approximate surface area is 201 Å². The van der Waals surface area contributed by atoms with Gasteiger partial charge in [0.25, 0.3) is 5.56 Å². The number of phenolic OH excluding ortho intramolecular Hbond substituents is 1. The number of allylic oxidation sites excluding steroid dienone is 2. The van der Waals surface area contributed by atoms with E-state index in [-0.39, 0.29) is 29.2 Å². The molecule has 1 aliphatic carbocycles. The molecule has 180 valence electrons. The molecule has 5 rings (SSSR count).